The van der Waals surface area contributed by atoms with Crippen LogP contribution in [-0.2, 0) is 14.3 Å². The van der Waals surface area contributed by atoms with Gasteiger partial charge in [-0.1, -0.05) is 0 Å². The average molecular weight is 308 g/mol. The van der Waals surface area contributed by atoms with Gasteiger partial charge in [0.2, 0.25) is 5.91 Å². The van der Waals surface area contributed by atoms with Gasteiger partial charge in [-0.2, -0.15) is 0 Å². The third-order valence-electron chi connectivity index (χ3n) is 5.43. The van der Waals surface area contributed by atoms with Crippen molar-refractivity contribution in [2.75, 3.05) is 19.7 Å². The molecule has 3 heterocycles. The summed E-state index contributed by atoms with van der Waals surface area (Å²) in [4.78, 5) is 26.4. The molecule has 3 fully saturated rings. The number of amides is 1. The molecule has 0 aromatic carbocycles. The molecule has 2 bridgehead atoms. The van der Waals surface area contributed by atoms with Crippen molar-refractivity contribution in [3.63, 3.8) is 0 Å². The average Bonchev–Trinajstić information content (AvgIpc) is 2.86. The second-order valence-electron chi connectivity index (χ2n) is 7.11. The van der Waals surface area contributed by atoms with Crippen molar-refractivity contribution in [3.8, 4) is 0 Å². The molecule has 3 atom stereocenters. The smallest absolute Gasteiger partial charge is 0.310 e. The summed E-state index contributed by atoms with van der Waals surface area (Å²) in [6, 6.07) is 1.26. The summed E-state index contributed by atoms with van der Waals surface area (Å²) in [5.74, 6) is 0.497. The van der Waals surface area contributed by atoms with Gasteiger partial charge in [-0.15, -0.1) is 0 Å². The second kappa shape index (κ2) is 6.99. The molecule has 0 spiro atoms. The highest BCUT2D eigenvalue weighted by Crippen LogP contribution is 2.33. The van der Waals surface area contributed by atoms with Crippen molar-refractivity contribution < 1.29 is 14.3 Å². The summed E-state index contributed by atoms with van der Waals surface area (Å²) in [5.41, 5.74) is 0. The van der Waals surface area contributed by atoms with Gasteiger partial charge in [-0.25, -0.2) is 0 Å². The normalized spacial score (nSPS) is 34.5. The van der Waals surface area contributed by atoms with Gasteiger partial charge >= 0.3 is 5.97 Å². The van der Waals surface area contributed by atoms with Gasteiger partial charge in [0.15, 0.2) is 0 Å². The van der Waals surface area contributed by atoms with Crippen LogP contribution in [0.3, 0.4) is 0 Å². The van der Waals surface area contributed by atoms with E-state index in [1.807, 2.05) is 11.8 Å². The summed E-state index contributed by atoms with van der Waals surface area (Å²) in [6.07, 6.45) is 7.22. The van der Waals surface area contributed by atoms with Crippen LogP contribution in [0.5, 0.6) is 0 Å². The Balaban J connectivity index is 1.50. The number of hydrogen-bond acceptors (Lipinski definition) is 4. The molecule has 0 saturated carbocycles. The molecule has 5 nitrogen and oxygen atoms in total. The highest BCUT2D eigenvalue weighted by molar-refractivity contribution is 5.78. The van der Waals surface area contributed by atoms with E-state index in [0.717, 1.165) is 32.2 Å². The van der Waals surface area contributed by atoms with E-state index in [9.17, 15) is 9.59 Å². The fourth-order valence-electron chi connectivity index (χ4n) is 4.37. The topological polar surface area (TPSA) is 58.6 Å². The van der Waals surface area contributed by atoms with Gasteiger partial charge in [0.05, 0.1) is 12.5 Å². The minimum atomic E-state index is -0.139. The largest absolute Gasteiger partial charge is 0.466 e. The maximum absolute atomic E-state index is 12.6. The molecule has 1 amide bonds. The summed E-state index contributed by atoms with van der Waals surface area (Å²) in [7, 11) is 0. The lowest BCUT2D eigenvalue weighted by atomic mass is 9.88. The molecule has 3 saturated heterocycles. The maximum atomic E-state index is 12.6. The van der Waals surface area contributed by atoms with Gasteiger partial charge in [0, 0.05) is 31.6 Å². The van der Waals surface area contributed by atoms with Crippen molar-refractivity contribution in [1.29, 1.82) is 0 Å². The monoisotopic (exact) mass is 308 g/mol. The molecule has 22 heavy (non-hydrogen) atoms. The fraction of sp³-hybridized carbons (Fsp3) is 0.882. The molecule has 0 aromatic rings. The predicted octanol–water partition coefficient (Wildman–Crippen LogP) is 1.71. The Bertz CT molecular complexity index is 414. The highest BCUT2D eigenvalue weighted by atomic mass is 16.5. The first-order valence-corrected chi connectivity index (χ1v) is 8.86. The highest BCUT2D eigenvalue weighted by Gasteiger charge is 2.36. The van der Waals surface area contributed by atoms with Crippen molar-refractivity contribution in [2.45, 2.75) is 64.0 Å². The number of rotatable bonds is 4. The van der Waals surface area contributed by atoms with Crippen LogP contribution in [0.2, 0.25) is 0 Å². The standard InChI is InChI=1S/C17H28N2O3/c1-2-22-17(21)13-4-3-7-19(11-13)16(20)10-12-8-14-5-6-15(9-12)18-14/h12-15,18H,2-11H2,1H3. The van der Waals surface area contributed by atoms with Gasteiger partial charge in [-0.3, -0.25) is 9.59 Å². The zero-order valence-corrected chi connectivity index (χ0v) is 13.6. The third-order valence-corrected chi connectivity index (χ3v) is 5.43. The molecule has 0 aliphatic carbocycles. The quantitative estimate of drug-likeness (QED) is 0.803. The Hall–Kier alpha value is -1.10. The maximum Gasteiger partial charge on any atom is 0.310 e. The Morgan fingerprint density at radius 3 is 2.59 bits per heavy atom. The van der Waals surface area contributed by atoms with E-state index in [0.29, 0.717) is 37.6 Å². The molecular formula is C17H28N2O3. The van der Waals surface area contributed by atoms with E-state index in [1.165, 1.54) is 12.8 Å². The number of nitrogens with zero attached hydrogens (tertiary/aromatic N) is 1. The van der Waals surface area contributed by atoms with Crippen molar-refractivity contribution in [1.82, 2.24) is 10.2 Å². The van der Waals surface area contributed by atoms with E-state index >= 15 is 0 Å². The van der Waals surface area contributed by atoms with E-state index in [4.69, 9.17) is 4.74 Å². The number of fused-ring (bicyclic) bond motifs is 2. The number of piperidine rings is 2. The number of likely N-dealkylation sites (tertiary alicyclic amines) is 1. The number of ether oxygens (including phenoxy) is 1. The van der Waals surface area contributed by atoms with Crippen LogP contribution in [0.25, 0.3) is 0 Å². The van der Waals surface area contributed by atoms with E-state index < -0.39 is 0 Å². The molecule has 3 unspecified atom stereocenters. The van der Waals surface area contributed by atoms with Crippen LogP contribution in [-0.4, -0.2) is 48.6 Å². The first-order valence-electron chi connectivity index (χ1n) is 8.86. The molecule has 124 valence electrons. The van der Waals surface area contributed by atoms with Gasteiger partial charge in [0.1, 0.15) is 0 Å². The molecule has 0 radical (unpaired) electrons. The number of carbonyl (C=O) groups is 2. The third kappa shape index (κ3) is 3.62. The zero-order chi connectivity index (χ0) is 15.5. The Morgan fingerprint density at radius 1 is 1.18 bits per heavy atom. The van der Waals surface area contributed by atoms with Crippen molar-refractivity contribution >= 4 is 11.9 Å². The summed E-state index contributed by atoms with van der Waals surface area (Å²) in [5, 5.41) is 3.62. The predicted molar refractivity (Wildman–Crippen MR) is 83.2 cm³/mol. The second-order valence-corrected chi connectivity index (χ2v) is 7.11. The first kappa shape index (κ1) is 15.8. The van der Waals surface area contributed by atoms with E-state index in [2.05, 4.69) is 5.32 Å². The van der Waals surface area contributed by atoms with Crippen LogP contribution in [0.4, 0.5) is 0 Å². The number of nitrogens with one attached hydrogen (secondary N) is 1. The summed E-state index contributed by atoms with van der Waals surface area (Å²) in [6.45, 7) is 3.60. The fourth-order valence-corrected chi connectivity index (χ4v) is 4.37. The van der Waals surface area contributed by atoms with Crippen molar-refractivity contribution in [3.05, 3.63) is 0 Å². The van der Waals surface area contributed by atoms with E-state index in [-0.39, 0.29) is 17.8 Å². The van der Waals surface area contributed by atoms with Crippen LogP contribution >= 0.6 is 0 Å². The molecule has 5 heteroatoms. The Morgan fingerprint density at radius 2 is 1.91 bits per heavy atom. The van der Waals surface area contributed by atoms with E-state index in [1.54, 1.807) is 0 Å². The Labute approximate surface area is 132 Å². The van der Waals surface area contributed by atoms with Gasteiger partial charge in [0.25, 0.3) is 0 Å². The molecule has 3 rings (SSSR count). The van der Waals surface area contributed by atoms with Crippen LogP contribution < -0.4 is 5.32 Å². The van der Waals surface area contributed by atoms with Crippen molar-refractivity contribution in [2.24, 2.45) is 11.8 Å². The SMILES string of the molecule is CCOC(=O)C1CCCN(C(=O)CC2CC3CCC(C2)N3)C1. The summed E-state index contributed by atoms with van der Waals surface area (Å²) >= 11 is 0. The van der Waals surface area contributed by atoms with Crippen LogP contribution in [0.15, 0.2) is 0 Å². The molecule has 3 aliphatic rings. The van der Waals surface area contributed by atoms with Gasteiger partial charge < -0.3 is 15.0 Å². The van der Waals surface area contributed by atoms with Crippen LogP contribution in [0, 0.1) is 11.8 Å². The minimum absolute atomic E-state index is 0.123. The first-order chi connectivity index (χ1) is 10.7. The molecule has 3 aliphatic heterocycles. The number of carbonyl (C=O) groups excluding carboxylic acids is 2. The van der Waals surface area contributed by atoms with Gasteiger partial charge in [-0.05, 0) is 51.4 Å². The lowest BCUT2D eigenvalue weighted by molar-refractivity contribution is -0.151. The lowest BCUT2D eigenvalue weighted by Crippen LogP contribution is -2.45. The molecule has 0 aromatic heterocycles. The molecular weight excluding hydrogens is 280 g/mol. The summed E-state index contributed by atoms with van der Waals surface area (Å²) < 4.78 is 5.11. The zero-order valence-electron chi connectivity index (χ0n) is 13.6. The minimum Gasteiger partial charge on any atom is -0.466 e. The Kier molecular flexibility index (Phi) is 5.01. The number of esters is 1. The van der Waals surface area contributed by atoms with Crippen LogP contribution in [0.1, 0.15) is 51.9 Å². The number of hydrogen-bond donors (Lipinski definition) is 1. The lowest BCUT2D eigenvalue weighted by Gasteiger charge is -2.34. The molecule has 1 N–H and O–H groups in total.